The molecule has 0 unspecified atom stereocenters. The number of anilines is 1. The van der Waals surface area contributed by atoms with Gasteiger partial charge >= 0.3 is 5.69 Å². The van der Waals surface area contributed by atoms with E-state index in [2.05, 4.69) is 5.43 Å². The summed E-state index contributed by atoms with van der Waals surface area (Å²) in [6.07, 6.45) is 0.658. The first-order chi connectivity index (χ1) is 8.34. The van der Waals surface area contributed by atoms with Crippen molar-refractivity contribution in [2.45, 2.75) is 17.6 Å². The molecule has 0 atom stereocenters. The average Bonchev–Trinajstić information content (AvgIpc) is 2.73. The lowest BCUT2D eigenvalue weighted by Crippen LogP contribution is -2.26. The number of nitro groups is 1. The minimum atomic E-state index is -3.69. The van der Waals surface area contributed by atoms with Crippen molar-refractivity contribution >= 4 is 32.0 Å². The van der Waals surface area contributed by atoms with Crippen LogP contribution >= 0.6 is 11.3 Å². The molecule has 0 aliphatic heterocycles. The minimum absolute atomic E-state index is 0.0171. The number of hydrogen-bond donors (Lipinski definition) is 2. The molecular weight excluding hydrogens is 280 g/mol. The van der Waals surface area contributed by atoms with Crippen LogP contribution in [0.4, 0.5) is 10.7 Å². The summed E-state index contributed by atoms with van der Waals surface area (Å²) in [6, 6.07) is 1.02. The Labute approximate surface area is 109 Å². The highest BCUT2D eigenvalue weighted by atomic mass is 32.2. The van der Waals surface area contributed by atoms with Crippen LogP contribution in [-0.2, 0) is 10.0 Å². The maximum atomic E-state index is 12.1. The first kappa shape index (κ1) is 14.8. The number of rotatable bonds is 6. The molecule has 0 saturated carbocycles. The standard InChI is InChI=1S/C8H14N4O4S2/c1-3-4-11(2)18(15,16)7-5-6(12(13)14)8(10-9)17-7/h5,10H,3-4,9H2,1-2H3. The molecule has 8 nitrogen and oxygen atoms in total. The number of hydrogen-bond acceptors (Lipinski definition) is 7. The van der Waals surface area contributed by atoms with Crippen molar-refractivity contribution in [1.82, 2.24) is 4.31 Å². The summed E-state index contributed by atoms with van der Waals surface area (Å²) >= 11 is 0.742. The summed E-state index contributed by atoms with van der Waals surface area (Å²) in [5, 5.41) is 10.7. The summed E-state index contributed by atoms with van der Waals surface area (Å²) in [6.45, 7) is 2.19. The van der Waals surface area contributed by atoms with Gasteiger partial charge in [0, 0.05) is 19.7 Å². The van der Waals surface area contributed by atoms with Gasteiger partial charge in [-0.25, -0.2) is 18.6 Å². The first-order valence-electron chi connectivity index (χ1n) is 5.05. The molecule has 1 heterocycles. The van der Waals surface area contributed by atoms with E-state index in [-0.39, 0.29) is 14.9 Å². The van der Waals surface area contributed by atoms with Crippen molar-refractivity contribution in [3.8, 4) is 0 Å². The van der Waals surface area contributed by atoms with E-state index >= 15 is 0 Å². The molecule has 18 heavy (non-hydrogen) atoms. The zero-order chi connectivity index (χ0) is 13.9. The number of sulfonamides is 1. The Balaban J connectivity index is 3.22. The van der Waals surface area contributed by atoms with Gasteiger partial charge < -0.3 is 5.43 Å². The second kappa shape index (κ2) is 5.61. The van der Waals surface area contributed by atoms with Crippen molar-refractivity contribution in [1.29, 1.82) is 0 Å². The van der Waals surface area contributed by atoms with Crippen LogP contribution in [-0.4, -0.2) is 31.2 Å². The average molecular weight is 294 g/mol. The van der Waals surface area contributed by atoms with Crippen LogP contribution in [0.1, 0.15) is 13.3 Å². The Bertz CT molecular complexity index is 539. The van der Waals surface area contributed by atoms with E-state index in [1.54, 1.807) is 0 Å². The third-order valence-corrected chi connectivity index (χ3v) is 5.58. The van der Waals surface area contributed by atoms with Crippen LogP contribution in [0.3, 0.4) is 0 Å². The second-order valence-electron chi connectivity index (χ2n) is 3.51. The SMILES string of the molecule is CCCN(C)S(=O)(=O)c1cc([N+](=O)[O-])c(NN)s1. The molecule has 10 heteroatoms. The molecule has 1 aromatic rings. The maximum absolute atomic E-state index is 12.1. The van der Waals surface area contributed by atoms with E-state index < -0.39 is 14.9 Å². The summed E-state index contributed by atoms with van der Waals surface area (Å²) < 4.78 is 25.2. The van der Waals surface area contributed by atoms with Gasteiger partial charge in [0.25, 0.3) is 10.0 Å². The molecule has 1 aromatic heterocycles. The minimum Gasteiger partial charge on any atom is -0.310 e. The topological polar surface area (TPSA) is 119 Å². The molecule has 0 spiro atoms. The summed E-state index contributed by atoms with van der Waals surface area (Å²) in [7, 11) is -2.26. The van der Waals surface area contributed by atoms with Crippen LogP contribution in [0, 0.1) is 10.1 Å². The first-order valence-corrected chi connectivity index (χ1v) is 7.31. The Morgan fingerprint density at radius 2 is 2.22 bits per heavy atom. The number of nitrogens with zero attached hydrogens (tertiary/aromatic N) is 2. The quantitative estimate of drug-likeness (QED) is 0.458. The molecule has 1 rings (SSSR count). The molecule has 0 radical (unpaired) electrons. The molecule has 0 fully saturated rings. The summed E-state index contributed by atoms with van der Waals surface area (Å²) in [4.78, 5) is 10.0. The van der Waals surface area contributed by atoms with Crippen molar-refractivity contribution < 1.29 is 13.3 Å². The fourth-order valence-corrected chi connectivity index (χ4v) is 4.03. The lowest BCUT2D eigenvalue weighted by atomic mass is 10.5. The predicted molar refractivity (Wildman–Crippen MR) is 68.9 cm³/mol. The van der Waals surface area contributed by atoms with Crippen LogP contribution in [0.25, 0.3) is 0 Å². The van der Waals surface area contributed by atoms with Gasteiger partial charge in [0.1, 0.15) is 4.21 Å². The van der Waals surface area contributed by atoms with Crippen molar-refractivity contribution in [2.75, 3.05) is 19.0 Å². The molecular formula is C8H14N4O4S2. The Hall–Kier alpha value is -1.23. The number of hydrazine groups is 1. The number of nitrogen functional groups attached to an aromatic ring is 1. The van der Waals surface area contributed by atoms with Crippen molar-refractivity contribution in [3.05, 3.63) is 16.2 Å². The fourth-order valence-electron chi connectivity index (χ4n) is 1.31. The van der Waals surface area contributed by atoms with Gasteiger partial charge in [-0.1, -0.05) is 18.3 Å². The monoisotopic (exact) mass is 294 g/mol. The summed E-state index contributed by atoms with van der Waals surface area (Å²) in [5.41, 5.74) is 1.79. The van der Waals surface area contributed by atoms with E-state index in [0.29, 0.717) is 13.0 Å². The van der Waals surface area contributed by atoms with Gasteiger partial charge in [0.2, 0.25) is 0 Å². The van der Waals surface area contributed by atoms with Crippen molar-refractivity contribution in [2.24, 2.45) is 5.84 Å². The molecule has 0 bridgehead atoms. The lowest BCUT2D eigenvalue weighted by Gasteiger charge is -2.14. The highest BCUT2D eigenvalue weighted by molar-refractivity contribution is 7.91. The third kappa shape index (κ3) is 2.77. The molecule has 0 amide bonds. The molecule has 0 saturated heterocycles. The number of thiophene rings is 1. The predicted octanol–water partition coefficient (Wildman–Crippen LogP) is 0.972. The summed E-state index contributed by atoms with van der Waals surface area (Å²) in [5.74, 6) is 5.13. The Morgan fingerprint density at radius 3 is 2.61 bits per heavy atom. The largest absolute Gasteiger partial charge is 0.310 e. The van der Waals surface area contributed by atoms with Gasteiger partial charge in [0.05, 0.1) is 4.92 Å². The zero-order valence-electron chi connectivity index (χ0n) is 9.91. The number of nitrogens with one attached hydrogen (secondary N) is 1. The van der Waals surface area contributed by atoms with Gasteiger partial charge in [-0.3, -0.25) is 10.1 Å². The molecule has 102 valence electrons. The van der Waals surface area contributed by atoms with Gasteiger partial charge in [0.15, 0.2) is 5.00 Å². The van der Waals surface area contributed by atoms with Crippen molar-refractivity contribution in [3.63, 3.8) is 0 Å². The normalized spacial score (nSPS) is 11.8. The third-order valence-electron chi connectivity index (χ3n) is 2.22. The highest BCUT2D eigenvalue weighted by Gasteiger charge is 2.28. The van der Waals surface area contributed by atoms with Crippen LogP contribution in [0.15, 0.2) is 10.3 Å². The molecule has 0 aliphatic rings. The fraction of sp³-hybridized carbons (Fsp3) is 0.500. The van der Waals surface area contributed by atoms with Gasteiger partial charge in [-0.05, 0) is 6.42 Å². The highest BCUT2D eigenvalue weighted by Crippen LogP contribution is 2.37. The smallest absolute Gasteiger partial charge is 0.306 e. The second-order valence-corrected chi connectivity index (χ2v) is 6.83. The van der Waals surface area contributed by atoms with E-state index in [1.165, 1.54) is 7.05 Å². The zero-order valence-corrected chi connectivity index (χ0v) is 11.5. The van der Waals surface area contributed by atoms with E-state index in [9.17, 15) is 18.5 Å². The maximum Gasteiger partial charge on any atom is 0.306 e. The van der Waals surface area contributed by atoms with E-state index in [1.807, 2.05) is 6.92 Å². The van der Waals surface area contributed by atoms with Crippen LogP contribution in [0.2, 0.25) is 0 Å². The van der Waals surface area contributed by atoms with Gasteiger partial charge in [-0.15, -0.1) is 0 Å². The Morgan fingerprint density at radius 1 is 1.61 bits per heavy atom. The Kier molecular flexibility index (Phi) is 4.62. The molecule has 0 aromatic carbocycles. The van der Waals surface area contributed by atoms with Crippen LogP contribution in [0.5, 0.6) is 0 Å². The number of nitrogens with two attached hydrogens (primary N) is 1. The van der Waals surface area contributed by atoms with Crippen LogP contribution < -0.4 is 11.3 Å². The van der Waals surface area contributed by atoms with E-state index in [4.69, 9.17) is 5.84 Å². The van der Waals surface area contributed by atoms with Gasteiger partial charge in [-0.2, -0.15) is 0 Å². The lowest BCUT2D eigenvalue weighted by molar-refractivity contribution is -0.383. The van der Waals surface area contributed by atoms with E-state index in [0.717, 1.165) is 21.7 Å². The molecule has 0 aliphatic carbocycles. The molecule has 3 N–H and O–H groups in total.